The van der Waals surface area contributed by atoms with Crippen LogP contribution in [0.2, 0.25) is 0 Å². The van der Waals surface area contributed by atoms with Gasteiger partial charge in [-0.3, -0.25) is 19.8 Å². The van der Waals surface area contributed by atoms with Crippen molar-refractivity contribution in [2.24, 2.45) is 0 Å². The quantitative estimate of drug-likeness (QED) is 0.350. The number of imide groups is 1. The molecular formula is C33H34N4O4S. The maximum absolute atomic E-state index is 13.5. The number of para-hydroxylation sites is 2. The number of benzene rings is 2. The maximum Gasteiger partial charge on any atom is 0.259 e. The Balaban J connectivity index is 1.34. The minimum absolute atomic E-state index is 0.354. The zero-order valence-electron chi connectivity index (χ0n) is 23.5. The fourth-order valence-corrected chi connectivity index (χ4v) is 7.24. The Kier molecular flexibility index (Phi) is 7.73. The number of carbonyl (C=O) groups is 2. The van der Waals surface area contributed by atoms with Gasteiger partial charge in [0.05, 0.1) is 37.6 Å². The van der Waals surface area contributed by atoms with Crippen LogP contribution in [0.15, 0.2) is 71.9 Å². The van der Waals surface area contributed by atoms with Crippen LogP contribution >= 0.6 is 11.8 Å². The van der Waals surface area contributed by atoms with E-state index in [9.17, 15) is 9.59 Å². The third kappa shape index (κ3) is 5.22. The molecule has 3 aliphatic rings. The molecule has 3 aliphatic heterocycles. The van der Waals surface area contributed by atoms with Crippen LogP contribution in [0.3, 0.4) is 0 Å². The summed E-state index contributed by atoms with van der Waals surface area (Å²) in [4.78, 5) is 30.8. The van der Waals surface area contributed by atoms with Crippen molar-refractivity contribution in [3.05, 3.63) is 83.0 Å². The number of fused-ring (bicyclic) bond motifs is 12. The Morgan fingerprint density at radius 1 is 0.714 bits per heavy atom. The van der Waals surface area contributed by atoms with Crippen LogP contribution in [0.4, 0.5) is 0 Å². The Labute approximate surface area is 248 Å². The predicted molar refractivity (Wildman–Crippen MR) is 167 cm³/mol. The molecule has 9 heteroatoms. The number of nitrogens with one attached hydrogen (secondary N) is 1. The third-order valence-electron chi connectivity index (χ3n) is 8.26. The van der Waals surface area contributed by atoms with Gasteiger partial charge in [0.1, 0.15) is 0 Å². The summed E-state index contributed by atoms with van der Waals surface area (Å²) in [5, 5.41) is 4.50. The van der Waals surface area contributed by atoms with Crippen LogP contribution in [0.25, 0.3) is 33.0 Å². The van der Waals surface area contributed by atoms with Gasteiger partial charge in [-0.25, -0.2) is 0 Å². The molecule has 0 unspecified atom stereocenters. The minimum atomic E-state index is -0.359. The van der Waals surface area contributed by atoms with Gasteiger partial charge in [0.2, 0.25) is 0 Å². The van der Waals surface area contributed by atoms with Gasteiger partial charge in [-0.2, -0.15) is 0 Å². The van der Waals surface area contributed by atoms with Crippen molar-refractivity contribution in [2.75, 3.05) is 51.8 Å². The smallest absolute Gasteiger partial charge is 0.259 e. The van der Waals surface area contributed by atoms with Crippen molar-refractivity contribution in [3.8, 4) is 0 Å². The molecular weight excluding hydrogens is 548 g/mol. The number of hydrogen-bond acceptors (Lipinski definition) is 6. The van der Waals surface area contributed by atoms with Gasteiger partial charge in [0.25, 0.3) is 11.8 Å². The zero-order valence-corrected chi connectivity index (χ0v) is 24.3. The Morgan fingerprint density at radius 2 is 1.31 bits per heavy atom. The Morgan fingerprint density at radius 3 is 1.93 bits per heavy atom. The first-order valence-electron chi connectivity index (χ1n) is 14.6. The van der Waals surface area contributed by atoms with Crippen LogP contribution < -0.4 is 5.32 Å². The topological polar surface area (TPSA) is 77.7 Å². The van der Waals surface area contributed by atoms with Crippen molar-refractivity contribution in [1.29, 1.82) is 0 Å². The number of carbonyl (C=O) groups excluding carboxylic acids is 2. The second kappa shape index (κ2) is 11.9. The number of allylic oxidation sites excluding steroid dienone is 1. The summed E-state index contributed by atoms with van der Waals surface area (Å²) in [7, 11) is 0. The van der Waals surface area contributed by atoms with Gasteiger partial charge in [-0.1, -0.05) is 42.5 Å². The van der Waals surface area contributed by atoms with E-state index < -0.39 is 0 Å². The van der Waals surface area contributed by atoms with Crippen LogP contribution in [-0.4, -0.2) is 77.7 Å². The summed E-state index contributed by atoms with van der Waals surface area (Å²) in [5.74, 6) is 0.439. The van der Waals surface area contributed by atoms with Crippen LogP contribution in [-0.2, 0) is 32.2 Å². The van der Waals surface area contributed by atoms with Gasteiger partial charge in [0, 0.05) is 83.8 Å². The molecule has 0 radical (unpaired) electrons. The predicted octanol–water partition coefficient (Wildman–Crippen LogP) is 4.53. The molecule has 216 valence electrons. The van der Waals surface area contributed by atoms with Gasteiger partial charge in [-0.05, 0) is 23.5 Å². The highest BCUT2D eigenvalue weighted by atomic mass is 32.2. The molecule has 0 saturated carbocycles. The summed E-state index contributed by atoms with van der Waals surface area (Å²) < 4.78 is 16.2. The first kappa shape index (κ1) is 27.2. The van der Waals surface area contributed by atoms with E-state index in [-0.39, 0.29) is 11.8 Å². The highest BCUT2D eigenvalue weighted by Crippen LogP contribution is 2.39. The molecule has 2 amide bonds. The number of ether oxygens (including phenoxy) is 2. The lowest BCUT2D eigenvalue weighted by Gasteiger charge is -2.23. The van der Waals surface area contributed by atoms with Gasteiger partial charge < -0.3 is 18.6 Å². The summed E-state index contributed by atoms with van der Waals surface area (Å²) in [6, 6.07) is 16.2. The SMILES string of the molecule is O=C1NC(=O)C2=C1c1cn(c3ccccc13)CCOCCOCCN(CC1=CCCS1)CCn1cc2c2ccccc21. The molecule has 0 spiro atoms. The second-order valence-electron chi connectivity index (χ2n) is 10.8. The summed E-state index contributed by atoms with van der Waals surface area (Å²) in [6.45, 7) is 6.18. The summed E-state index contributed by atoms with van der Waals surface area (Å²) >= 11 is 1.94. The fourth-order valence-electron chi connectivity index (χ4n) is 6.23. The molecule has 5 heterocycles. The molecule has 0 saturated heterocycles. The van der Waals surface area contributed by atoms with E-state index in [1.54, 1.807) is 0 Å². The third-order valence-corrected chi connectivity index (χ3v) is 9.37. The molecule has 42 heavy (non-hydrogen) atoms. The Bertz CT molecular complexity index is 1730. The number of thioether (sulfide) groups is 1. The van der Waals surface area contributed by atoms with E-state index in [0.29, 0.717) is 44.1 Å². The van der Waals surface area contributed by atoms with Crippen molar-refractivity contribution < 1.29 is 19.1 Å². The van der Waals surface area contributed by atoms with Crippen molar-refractivity contribution in [1.82, 2.24) is 19.4 Å². The lowest BCUT2D eigenvalue weighted by Crippen LogP contribution is -2.32. The van der Waals surface area contributed by atoms with E-state index >= 15 is 0 Å². The molecule has 4 aromatic rings. The lowest BCUT2D eigenvalue weighted by atomic mass is 9.95. The van der Waals surface area contributed by atoms with Gasteiger partial charge >= 0.3 is 0 Å². The number of aromatic nitrogens is 2. The van der Waals surface area contributed by atoms with Crippen molar-refractivity contribution in [3.63, 3.8) is 0 Å². The maximum atomic E-state index is 13.5. The van der Waals surface area contributed by atoms with Gasteiger partial charge in [-0.15, -0.1) is 11.8 Å². The van der Waals surface area contributed by atoms with E-state index in [2.05, 4.69) is 37.7 Å². The standard InChI is InChI=1S/C33H34N4O4S/c38-32-30-26-21-36(28-9-3-1-7-24(26)28)12-11-35(20-23-6-5-19-42-23)13-15-40-17-18-41-16-14-37-22-27(31(30)33(39)34-32)25-8-2-4-10-29(25)37/h1-4,6-10,21-22H,5,11-20H2,(H,34,38,39). The molecule has 8 nitrogen and oxygen atoms in total. The van der Waals surface area contributed by atoms with Crippen LogP contribution in [0.1, 0.15) is 17.5 Å². The highest BCUT2D eigenvalue weighted by Gasteiger charge is 2.35. The molecule has 0 aliphatic carbocycles. The molecule has 0 fully saturated rings. The fraction of sp³-hybridized carbons (Fsp3) is 0.333. The lowest BCUT2D eigenvalue weighted by molar-refractivity contribution is -0.122. The first-order chi connectivity index (χ1) is 20.7. The number of hydrogen-bond donors (Lipinski definition) is 1. The average molecular weight is 583 g/mol. The summed E-state index contributed by atoms with van der Waals surface area (Å²) in [5.41, 5.74) is 4.45. The number of nitrogens with zero attached hydrogens (tertiary/aromatic N) is 3. The minimum Gasteiger partial charge on any atom is -0.378 e. The van der Waals surface area contributed by atoms with Crippen LogP contribution in [0, 0.1) is 0 Å². The van der Waals surface area contributed by atoms with E-state index in [1.165, 1.54) is 4.91 Å². The molecule has 2 aromatic carbocycles. The van der Waals surface area contributed by atoms with Crippen molar-refractivity contribution in [2.45, 2.75) is 19.5 Å². The van der Waals surface area contributed by atoms with Crippen molar-refractivity contribution >= 4 is 56.5 Å². The van der Waals surface area contributed by atoms with Gasteiger partial charge in [0.15, 0.2) is 0 Å². The molecule has 7 rings (SSSR count). The average Bonchev–Trinajstić information content (AvgIpc) is 3.78. The summed E-state index contributed by atoms with van der Waals surface area (Å²) in [6.07, 6.45) is 7.51. The van der Waals surface area contributed by atoms with Crippen LogP contribution in [0.5, 0.6) is 0 Å². The van der Waals surface area contributed by atoms with E-state index in [1.807, 2.05) is 60.4 Å². The Hall–Kier alpha value is -3.63. The van der Waals surface area contributed by atoms with E-state index in [4.69, 9.17) is 9.47 Å². The zero-order chi connectivity index (χ0) is 28.5. The number of rotatable bonds is 2. The normalized spacial score (nSPS) is 19.5. The highest BCUT2D eigenvalue weighted by molar-refractivity contribution is 8.03. The molecule has 4 bridgehead atoms. The molecule has 1 N–H and O–H groups in total. The number of amides is 2. The molecule has 2 aromatic heterocycles. The van der Waals surface area contributed by atoms with E-state index in [0.717, 1.165) is 71.3 Å². The first-order valence-corrected chi connectivity index (χ1v) is 15.6. The second-order valence-corrected chi connectivity index (χ2v) is 12.1. The molecule has 0 atom stereocenters. The largest absolute Gasteiger partial charge is 0.378 e. The monoisotopic (exact) mass is 582 g/mol.